The van der Waals surface area contributed by atoms with Gasteiger partial charge < -0.3 is 5.32 Å². The number of aromatic nitrogens is 4. The molecule has 1 aromatic carbocycles. The molecule has 6 nitrogen and oxygen atoms in total. The van der Waals surface area contributed by atoms with Crippen molar-refractivity contribution < 1.29 is 4.79 Å². The Morgan fingerprint density at radius 3 is 2.83 bits per heavy atom. The predicted molar refractivity (Wildman–Crippen MR) is 124 cm³/mol. The molecular formula is C20H14ClN5OS3. The molecule has 150 valence electrons. The molecule has 1 N–H and O–H groups in total. The van der Waals surface area contributed by atoms with E-state index in [0.717, 1.165) is 31.9 Å². The van der Waals surface area contributed by atoms with Crippen LogP contribution in [0, 0.1) is 0 Å². The summed E-state index contributed by atoms with van der Waals surface area (Å²) < 4.78 is 1.84. The van der Waals surface area contributed by atoms with Crippen LogP contribution in [0.15, 0.2) is 58.6 Å². The van der Waals surface area contributed by atoms with Gasteiger partial charge in [0.2, 0.25) is 5.91 Å². The number of amides is 1. The number of carbonyl (C=O) groups excluding carboxylic acids is 1. The third kappa shape index (κ3) is 3.81. The molecule has 0 aliphatic rings. The van der Waals surface area contributed by atoms with E-state index < -0.39 is 0 Å². The van der Waals surface area contributed by atoms with Crippen molar-refractivity contribution in [2.24, 2.45) is 0 Å². The molecule has 0 aliphatic carbocycles. The molecule has 4 aromatic heterocycles. The summed E-state index contributed by atoms with van der Waals surface area (Å²) >= 11 is 10.6. The van der Waals surface area contributed by atoms with E-state index in [1.165, 1.54) is 11.8 Å². The van der Waals surface area contributed by atoms with Crippen molar-refractivity contribution in [1.82, 2.24) is 24.9 Å². The minimum atomic E-state index is -0.0448. The Morgan fingerprint density at radius 2 is 2.03 bits per heavy atom. The van der Waals surface area contributed by atoms with Gasteiger partial charge in [-0.3, -0.25) is 9.20 Å². The summed E-state index contributed by atoms with van der Waals surface area (Å²) in [5, 5.41) is 18.0. The quantitative estimate of drug-likeness (QED) is 0.347. The molecule has 5 rings (SSSR count). The second kappa shape index (κ2) is 8.35. The average molecular weight is 472 g/mol. The van der Waals surface area contributed by atoms with E-state index in [0.29, 0.717) is 16.7 Å². The fraction of sp³-hybridized carbons (Fsp3) is 0.100. The summed E-state index contributed by atoms with van der Waals surface area (Å²) in [6.45, 7) is 0.541. The third-order valence-electron chi connectivity index (χ3n) is 4.48. The van der Waals surface area contributed by atoms with Crippen LogP contribution in [0.1, 0.15) is 4.88 Å². The minimum Gasteiger partial charge on any atom is -0.350 e. The second-order valence-electron chi connectivity index (χ2n) is 6.40. The van der Waals surface area contributed by atoms with Crippen LogP contribution in [0.3, 0.4) is 0 Å². The molecule has 10 heteroatoms. The van der Waals surface area contributed by atoms with Gasteiger partial charge in [0.05, 0.1) is 17.7 Å². The summed E-state index contributed by atoms with van der Waals surface area (Å²) in [4.78, 5) is 18.8. The van der Waals surface area contributed by atoms with Gasteiger partial charge in [0.15, 0.2) is 10.8 Å². The molecule has 0 radical (unpaired) electrons. The monoisotopic (exact) mass is 471 g/mol. The zero-order valence-corrected chi connectivity index (χ0v) is 18.6. The first kappa shape index (κ1) is 19.5. The number of thiophene rings is 2. The SMILES string of the molecule is O=C(CSc1nnc2c3c(-c4ccc(Cl)cc4)csc3ncn12)NCc1cccs1. The smallest absolute Gasteiger partial charge is 0.230 e. The normalized spacial score (nSPS) is 11.4. The van der Waals surface area contributed by atoms with Crippen molar-refractivity contribution in [3.8, 4) is 11.1 Å². The molecule has 1 amide bonds. The summed E-state index contributed by atoms with van der Waals surface area (Å²) in [5.74, 6) is 0.217. The van der Waals surface area contributed by atoms with E-state index in [2.05, 4.69) is 25.9 Å². The molecule has 0 saturated carbocycles. The van der Waals surface area contributed by atoms with Crippen molar-refractivity contribution in [1.29, 1.82) is 0 Å². The maximum Gasteiger partial charge on any atom is 0.230 e. The van der Waals surface area contributed by atoms with E-state index >= 15 is 0 Å². The molecule has 0 bridgehead atoms. The fourth-order valence-corrected chi connectivity index (χ4v) is 5.46. The van der Waals surface area contributed by atoms with Crippen molar-refractivity contribution in [3.05, 3.63) is 63.4 Å². The Hall–Kier alpha value is -2.46. The zero-order chi connectivity index (χ0) is 20.5. The zero-order valence-electron chi connectivity index (χ0n) is 15.4. The van der Waals surface area contributed by atoms with Crippen molar-refractivity contribution in [3.63, 3.8) is 0 Å². The Balaban J connectivity index is 1.39. The lowest BCUT2D eigenvalue weighted by molar-refractivity contribution is -0.118. The summed E-state index contributed by atoms with van der Waals surface area (Å²) in [6.07, 6.45) is 1.71. The van der Waals surface area contributed by atoms with Crippen molar-refractivity contribution >= 4 is 67.8 Å². The van der Waals surface area contributed by atoms with Gasteiger partial charge in [-0.1, -0.05) is 41.6 Å². The average Bonchev–Trinajstić information content (AvgIpc) is 3.50. The highest BCUT2D eigenvalue weighted by molar-refractivity contribution is 7.99. The largest absolute Gasteiger partial charge is 0.350 e. The Morgan fingerprint density at radius 1 is 1.17 bits per heavy atom. The number of rotatable bonds is 6. The summed E-state index contributed by atoms with van der Waals surface area (Å²) in [6, 6.07) is 11.7. The first-order valence-corrected chi connectivity index (χ1v) is 12.1. The van der Waals surface area contributed by atoms with Gasteiger partial charge in [0.25, 0.3) is 0 Å². The van der Waals surface area contributed by atoms with Gasteiger partial charge in [-0.2, -0.15) is 0 Å². The van der Waals surface area contributed by atoms with E-state index in [1.54, 1.807) is 29.0 Å². The van der Waals surface area contributed by atoms with Crippen LogP contribution >= 0.6 is 46.0 Å². The van der Waals surface area contributed by atoms with Crippen molar-refractivity contribution in [2.45, 2.75) is 11.7 Å². The number of fused-ring (bicyclic) bond motifs is 3. The first-order valence-electron chi connectivity index (χ1n) is 8.98. The van der Waals surface area contributed by atoms with Crippen LogP contribution in [0.5, 0.6) is 0 Å². The van der Waals surface area contributed by atoms with Gasteiger partial charge in [-0.05, 0) is 29.1 Å². The molecule has 30 heavy (non-hydrogen) atoms. The van der Waals surface area contributed by atoms with Gasteiger partial charge in [-0.25, -0.2) is 4.98 Å². The summed E-state index contributed by atoms with van der Waals surface area (Å²) in [5.41, 5.74) is 2.82. The fourth-order valence-electron chi connectivity index (χ4n) is 3.04. The Labute approximate surface area is 188 Å². The van der Waals surface area contributed by atoms with E-state index in [9.17, 15) is 4.79 Å². The number of hydrogen-bond donors (Lipinski definition) is 1. The number of nitrogens with one attached hydrogen (secondary N) is 1. The number of halogens is 1. The standard InChI is InChI=1S/C20H14ClN5OS3/c21-13-5-3-12(4-6-13)15-9-29-19-17(15)18-24-25-20(26(18)11-23-19)30-10-16(27)22-8-14-2-1-7-28-14/h1-7,9,11H,8,10H2,(H,22,27). The lowest BCUT2D eigenvalue weighted by atomic mass is 10.1. The molecule has 0 aliphatic heterocycles. The van der Waals surface area contributed by atoms with Gasteiger partial charge >= 0.3 is 0 Å². The predicted octanol–water partition coefficient (Wildman–Crippen LogP) is 5.13. The van der Waals surface area contributed by atoms with Gasteiger partial charge in [-0.15, -0.1) is 32.9 Å². The lowest BCUT2D eigenvalue weighted by Gasteiger charge is -2.04. The van der Waals surface area contributed by atoms with Crippen LogP contribution in [-0.4, -0.2) is 31.2 Å². The van der Waals surface area contributed by atoms with E-state index in [4.69, 9.17) is 11.6 Å². The highest BCUT2D eigenvalue weighted by Gasteiger charge is 2.17. The van der Waals surface area contributed by atoms with Gasteiger partial charge in [0.1, 0.15) is 11.2 Å². The number of carbonyl (C=O) groups is 1. The van der Waals surface area contributed by atoms with Crippen LogP contribution in [-0.2, 0) is 11.3 Å². The maximum absolute atomic E-state index is 12.2. The molecule has 0 saturated heterocycles. The number of thioether (sulfide) groups is 1. The number of benzene rings is 1. The van der Waals surface area contributed by atoms with Crippen LogP contribution in [0.25, 0.3) is 27.0 Å². The third-order valence-corrected chi connectivity index (χ3v) is 7.44. The van der Waals surface area contributed by atoms with Gasteiger partial charge in [0, 0.05) is 20.8 Å². The topological polar surface area (TPSA) is 72.2 Å². The molecule has 5 aromatic rings. The first-order chi connectivity index (χ1) is 14.7. The molecule has 0 spiro atoms. The minimum absolute atomic E-state index is 0.0448. The Bertz CT molecular complexity index is 1330. The number of nitrogens with zero attached hydrogens (tertiary/aromatic N) is 4. The second-order valence-corrected chi connectivity index (χ2v) is 9.67. The van der Waals surface area contributed by atoms with Crippen molar-refractivity contribution in [2.75, 3.05) is 5.75 Å². The Kier molecular flexibility index (Phi) is 5.43. The van der Waals surface area contributed by atoms with E-state index in [1.807, 2.05) is 46.2 Å². The van der Waals surface area contributed by atoms with Crippen LogP contribution in [0.2, 0.25) is 5.02 Å². The molecule has 0 atom stereocenters. The molecule has 0 unspecified atom stereocenters. The number of hydrogen-bond acceptors (Lipinski definition) is 7. The highest BCUT2D eigenvalue weighted by Crippen LogP contribution is 2.36. The van der Waals surface area contributed by atoms with E-state index in [-0.39, 0.29) is 11.7 Å². The molecular weight excluding hydrogens is 458 g/mol. The molecule has 4 heterocycles. The van der Waals surface area contributed by atoms with Crippen LogP contribution in [0.4, 0.5) is 0 Å². The summed E-state index contributed by atoms with van der Waals surface area (Å²) in [7, 11) is 0. The van der Waals surface area contributed by atoms with Crippen LogP contribution < -0.4 is 5.32 Å². The lowest BCUT2D eigenvalue weighted by Crippen LogP contribution is -2.24. The molecule has 0 fully saturated rings. The highest BCUT2D eigenvalue weighted by atomic mass is 35.5. The maximum atomic E-state index is 12.2.